The average molecular weight is 334 g/mol. The van der Waals surface area contributed by atoms with Crippen LogP contribution >= 0.6 is 46.3 Å². The molecule has 2 heterocycles. The van der Waals surface area contributed by atoms with E-state index in [4.69, 9.17) is 23.2 Å². The molecule has 0 spiro atoms. The summed E-state index contributed by atoms with van der Waals surface area (Å²) >= 11 is 14.5. The molecule has 0 aliphatic carbocycles. The highest BCUT2D eigenvalue weighted by atomic mass is 35.5. The number of aromatic nitrogens is 2. The molecule has 0 radical (unpaired) electrons. The van der Waals surface area contributed by atoms with E-state index in [2.05, 4.69) is 15.3 Å². The lowest BCUT2D eigenvalue weighted by atomic mass is 10.4. The first-order valence-corrected chi connectivity index (χ1v) is 7.82. The van der Waals surface area contributed by atoms with E-state index in [0.717, 1.165) is 10.0 Å². The van der Waals surface area contributed by atoms with E-state index in [-0.39, 0.29) is 11.7 Å². The molecule has 0 bridgehead atoms. The molecule has 0 unspecified atom stereocenters. The molecule has 0 aliphatic rings. The summed E-state index contributed by atoms with van der Waals surface area (Å²) in [7, 11) is 0. The van der Waals surface area contributed by atoms with Crippen LogP contribution in [0.1, 0.15) is 5.69 Å². The van der Waals surface area contributed by atoms with Gasteiger partial charge in [0.05, 0.1) is 15.8 Å². The number of halogens is 2. The van der Waals surface area contributed by atoms with Crippen LogP contribution in [0.2, 0.25) is 10.0 Å². The molecule has 0 saturated carbocycles. The van der Waals surface area contributed by atoms with Gasteiger partial charge < -0.3 is 5.32 Å². The van der Waals surface area contributed by atoms with E-state index in [1.165, 1.54) is 35.4 Å². The number of hydrogen-bond acceptors (Lipinski definition) is 5. The fourth-order valence-corrected chi connectivity index (χ4v) is 3.28. The second-order valence-electron chi connectivity index (χ2n) is 3.58. The summed E-state index contributed by atoms with van der Waals surface area (Å²) in [5, 5.41) is 5.31. The van der Waals surface area contributed by atoms with Crippen molar-refractivity contribution < 1.29 is 4.79 Å². The summed E-state index contributed by atoms with van der Waals surface area (Å²) in [6.45, 7) is 1.91. The van der Waals surface area contributed by atoms with Crippen LogP contribution in [-0.2, 0) is 4.79 Å². The van der Waals surface area contributed by atoms with Crippen molar-refractivity contribution in [1.82, 2.24) is 9.97 Å². The van der Waals surface area contributed by atoms with Gasteiger partial charge in [0.1, 0.15) is 0 Å². The van der Waals surface area contributed by atoms with Gasteiger partial charge in [0.15, 0.2) is 10.2 Å². The Balaban J connectivity index is 1.90. The van der Waals surface area contributed by atoms with E-state index >= 15 is 0 Å². The first-order chi connectivity index (χ1) is 9.04. The van der Waals surface area contributed by atoms with E-state index in [1.807, 2.05) is 12.3 Å². The molecule has 1 N–H and O–H groups in total. The molecule has 4 nitrogen and oxygen atoms in total. The summed E-state index contributed by atoms with van der Waals surface area (Å²) in [6.07, 6.45) is 1.43. The molecule has 2 aromatic rings. The van der Waals surface area contributed by atoms with Crippen molar-refractivity contribution in [3.8, 4) is 0 Å². The number of thioether (sulfide) groups is 1. The third-order valence-electron chi connectivity index (χ3n) is 1.99. The maximum atomic E-state index is 11.7. The predicted molar refractivity (Wildman–Crippen MR) is 80.5 cm³/mol. The Kier molecular flexibility index (Phi) is 5.04. The van der Waals surface area contributed by atoms with Gasteiger partial charge in [0.25, 0.3) is 0 Å². The van der Waals surface area contributed by atoms with Crippen LogP contribution in [-0.4, -0.2) is 21.6 Å². The summed E-state index contributed by atoms with van der Waals surface area (Å²) in [6, 6.07) is 1.53. The Hall–Kier alpha value is -0.820. The van der Waals surface area contributed by atoms with Gasteiger partial charge in [-0.25, -0.2) is 9.97 Å². The molecular weight excluding hydrogens is 325 g/mol. The zero-order chi connectivity index (χ0) is 13.8. The highest BCUT2D eigenvalue weighted by Crippen LogP contribution is 2.24. The maximum absolute atomic E-state index is 11.7. The van der Waals surface area contributed by atoms with Crippen LogP contribution in [0.25, 0.3) is 0 Å². The standard InChI is InChI=1S/C11H9Cl2N3OS2/c1-6-4-18-11(15-6)19-5-9(17)16-10-8(13)2-7(12)3-14-10/h2-4H,5H2,1H3,(H,14,16,17). The van der Waals surface area contributed by atoms with Crippen LogP contribution < -0.4 is 5.32 Å². The minimum atomic E-state index is -0.186. The highest BCUT2D eigenvalue weighted by molar-refractivity contribution is 8.01. The molecule has 8 heteroatoms. The monoisotopic (exact) mass is 333 g/mol. The Morgan fingerprint density at radius 3 is 2.95 bits per heavy atom. The molecule has 2 aromatic heterocycles. The average Bonchev–Trinajstić information content (AvgIpc) is 2.76. The number of amides is 1. The molecule has 0 fully saturated rings. The van der Waals surface area contributed by atoms with Crippen molar-refractivity contribution in [3.63, 3.8) is 0 Å². The second kappa shape index (κ2) is 6.56. The van der Waals surface area contributed by atoms with Crippen LogP contribution in [0.4, 0.5) is 5.82 Å². The lowest BCUT2D eigenvalue weighted by molar-refractivity contribution is -0.113. The minimum Gasteiger partial charge on any atom is -0.309 e. The number of nitrogens with one attached hydrogen (secondary N) is 1. The second-order valence-corrected chi connectivity index (χ2v) is 6.50. The number of rotatable bonds is 4. The van der Waals surface area contributed by atoms with Crippen LogP contribution in [0.5, 0.6) is 0 Å². The molecule has 0 atom stereocenters. The van der Waals surface area contributed by atoms with E-state index in [9.17, 15) is 4.79 Å². The number of aryl methyl sites for hydroxylation is 1. The fourth-order valence-electron chi connectivity index (χ4n) is 1.20. The molecular formula is C11H9Cl2N3OS2. The van der Waals surface area contributed by atoms with Crippen LogP contribution in [0.3, 0.4) is 0 Å². The normalized spacial score (nSPS) is 10.5. The molecule has 0 saturated heterocycles. The number of anilines is 1. The van der Waals surface area contributed by atoms with Gasteiger partial charge in [0.2, 0.25) is 5.91 Å². The lowest BCUT2D eigenvalue weighted by Crippen LogP contribution is -2.15. The number of carbonyl (C=O) groups excluding carboxylic acids is 1. The topological polar surface area (TPSA) is 54.9 Å². The van der Waals surface area contributed by atoms with Crippen molar-refractivity contribution in [3.05, 3.63) is 33.4 Å². The number of carbonyl (C=O) groups is 1. The van der Waals surface area contributed by atoms with Crippen molar-refractivity contribution in [2.45, 2.75) is 11.3 Å². The third kappa shape index (κ3) is 4.35. The smallest absolute Gasteiger partial charge is 0.236 e. The molecule has 0 aromatic carbocycles. The highest BCUT2D eigenvalue weighted by Gasteiger charge is 2.09. The maximum Gasteiger partial charge on any atom is 0.236 e. The molecule has 19 heavy (non-hydrogen) atoms. The zero-order valence-corrected chi connectivity index (χ0v) is 13.0. The quantitative estimate of drug-likeness (QED) is 0.862. The summed E-state index contributed by atoms with van der Waals surface area (Å²) in [5.41, 5.74) is 0.954. The molecule has 2 rings (SSSR count). The first-order valence-electron chi connectivity index (χ1n) is 5.20. The fraction of sp³-hybridized carbons (Fsp3) is 0.182. The Labute approximate surface area is 128 Å². The number of nitrogens with zero attached hydrogens (tertiary/aromatic N) is 2. The molecule has 100 valence electrons. The summed E-state index contributed by atoms with van der Waals surface area (Å²) in [5.74, 6) is 0.384. The van der Waals surface area contributed by atoms with E-state index in [0.29, 0.717) is 15.9 Å². The number of thiazole rings is 1. The third-order valence-corrected chi connectivity index (χ3v) is 4.62. The van der Waals surface area contributed by atoms with Gasteiger partial charge in [-0.05, 0) is 13.0 Å². The van der Waals surface area contributed by atoms with Crippen LogP contribution in [0.15, 0.2) is 22.0 Å². The van der Waals surface area contributed by atoms with Gasteiger partial charge in [-0.2, -0.15) is 0 Å². The van der Waals surface area contributed by atoms with Gasteiger partial charge in [-0.1, -0.05) is 35.0 Å². The first kappa shape index (κ1) is 14.6. The SMILES string of the molecule is Cc1csc(SCC(=O)Nc2ncc(Cl)cc2Cl)n1. The summed E-state index contributed by atoms with van der Waals surface area (Å²) in [4.78, 5) is 20.0. The van der Waals surface area contributed by atoms with Crippen molar-refractivity contribution >= 4 is 58.0 Å². The van der Waals surface area contributed by atoms with Gasteiger partial charge in [-0.3, -0.25) is 4.79 Å². The Bertz CT molecular complexity index is 603. The Morgan fingerprint density at radius 1 is 1.53 bits per heavy atom. The van der Waals surface area contributed by atoms with E-state index in [1.54, 1.807) is 0 Å². The van der Waals surface area contributed by atoms with Crippen molar-refractivity contribution in [2.75, 3.05) is 11.1 Å². The summed E-state index contributed by atoms with van der Waals surface area (Å²) < 4.78 is 0.864. The van der Waals surface area contributed by atoms with Crippen molar-refractivity contribution in [1.29, 1.82) is 0 Å². The number of pyridine rings is 1. The number of hydrogen-bond donors (Lipinski definition) is 1. The zero-order valence-electron chi connectivity index (χ0n) is 9.81. The van der Waals surface area contributed by atoms with Gasteiger partial charge in [-0.15, -0.1) is 11.3 Å². The Morgan fingerprint density at radius 2 is 2.32 bits per heavy atom. The van der Waals surface area contributed by atoms with Gasteiger partial charge >= 0.3 is 0 Å². The molecule has 1 amide bonds. The van der Waals surface area contributed by atoms with Crippen LogP contribution in [0, 0.1) is 6.92 Å². The van der Waals surface area contributed by atoms with Crippen molar-refractivity contribution in [2.24, 2.45) is 0 Å². The lowest BCUT2D eigenvalue weighted by Gasteiger charge is -2.05. The van der Waals surface area contributed by atoms with Gasteiger partial charge in [0, 0.05) is 17.3 Å². The predicted octanol–water partition coefficient (Wildman–Crippen LogP) is 3.88. The molecule has 0 aliphatic heterocycles. The van der Waals surface area contributed by atoms with E-state index < -0.39 is 0 Å². The largest absolute Gasteiger partial charge is 0.309 e. The minimum absolute atomic E-state index is 0.186.